The molecule has 0 aliphatic heterocycles. The van der Waals surface area contributed by atoms with Crippen LogP contribution in [0.2, 0.25) is 0 Å². The normalized spacial score (nSPS) is 11.9. The van der Waals surface area contributed by atoms with Crippen molar-refractivity contribution in [2.24, 2.45) is 0 Å². The van der Waals surface area contributed by atoms with Crippen molar-refractivity contribution in [2.75, 3.05) is 11.6 Å². The van der Waals surface area contributed by atoms with E-state index >= 15 is 0 Å². The summed E-state index contributed by atoms with van der Waals surface area (Å²) in [6, 6.07) is 16.3. The number of benzene rings is 3. The van der Waals surface area contributed by atoms with Crippen molar-refractivity contribution in [1.29, 1.82) is 0 Å². The molecular formula is C25H25F3N2O4S2. The molecule has 0 fully saturated rings. The first-order valence-corrected chi connectivity index (χ1v) is 13.4. The number of amides is 2. The van der Waals surface area contributed by atoms with E-state index in [0.717, 1.165) is 23.1 Å². The highest BCUT2D eigenvalue weighted by Gasteiger charge is 2.32. The monoisotopic (exact) mass is 538 g/mol. The summed E-state index contributed by atoms with van der Waals surface area (Å²) in [5, 5.41) is 2.86. The summed E-state index contributed by atoms with van der Waals surface area (Å²) >= 11 is 1.60. The summed E-state index contributed by atoms with van der Waals surface area (Å²) in [5.41, 5.74) is 0.280. The van der Waals surface area contributed by atoms with Crippen LogP contribution in [0.5, 0.6) is 5.75 Å². The smallest absolute Gasteiger partial charge is 0.379 e. The molecule has 3 aromatic rings. The molecule has 0 aromatic heterocycles. The molecule has 0 aliphatic rings. The van der Waals surface area contributed by atoms with Crippen LogP contribution in [0.4, 0.5) is 23.7 Å². The number of carbonyl (C=O) groups is 1. The first-order chi connectivity index (χ1) is 16.9. The summed E-state index contributed by atoms with van der Waals surface area (Å²) in [6.07, 6.45) is -2.72. The van der Waals surface area contributed by atoms with Crippen LogP contribution in [0.25, 0.3) is 0 Å². The molecule has 3 aromatic carbocycles. The van der Waals surface area contributed by atoms with Gasteiger partial charge in [0.25, 0.3) is 0 Å². The van der Waals surface area contributed by atoms with E-state index in [4.69, 9.17) is 4.18 Å². The van der Waals surface area contributed by atoms with Crippen LogP contribution in [-0.4, -0.2) is 31.6 Å². The SMILES string of the molecule is CSc1ccc(NC(=O)N(Cc2ccc(OS(=O)(=O)c3cccc(C(F)(F)F)c3)cc2)C(C)C)cc1. The number of hydrogen-bond donors (Lipinski definition) is 1. The fraction of sp³-hybridized carbons (Fsp3) is 0.240. The lowest BCUT2D eigenvalue weighted by Crippen LogP contribution is -2.39. The molecule has 0 saturated heterocycles. The van der Waals surface area contributed by atoms with Gasteiger partial charge in [0.05, 0.1) is 5.56 Å². The van der Waals surface area contributed by atoms with Crippen molar-refractivity contribution in [3.05, 3.63) is 83.9 Å². The lowest BCUT2D eigenvalue weighted by molar-refractivity contribution is -0.137. The Morgan fingerprint density at radius 1 is 1.03 bits per heavy atom. The van der Waals surface area contributed by atoms with E-state index < -0.39 is 26.8 Å². The molecule has 0 unspecified atom stereocenters. The predicted octanol–water partition coefficient (Wildman–Crippen LogP) is 6.64. The summed E-state index contributed by atoms with van der Waals surface area (Å²) in [6.45, 7) is 3.98. The van der Waals surface area contributed by atoms with Gasteiger partial charge in [-0.15, -0.1) is 11.8 Å². The number of halogens is 3. The van der Waals surface area contributed by atoms with Crippen molar-refractivity contribution >= 4 is 33.6 Å². The van der Waals surface area contributed by atoms with Gasteiger partial charge in [-0.25, -0.2) is 4.79 Å². The van der Waals surface area contributed by atoms with Crippen LogP contribution in [-0.2, 0) is 22.8 Å². The first-order valence-electron chi connectivity index (χ1n) is 10.8. The highest BCUT2D eigenvalue weighted by Crippen LogP contribution is 2.31. The average molecular weight is 539 g/mol. The summed E-state index contributed by atoms with van der Waals surface area (Å²) in [7, 11) is -4.47. The minimum Gasteiger partial charge on any atom is -0.379 e. The molecule has 192 valence electrons. The van der Waals surface area contributed by atoms with E-state index in [2.05, 4.69) is 5.32 Å². The summed E-state index contributed by atoms with van der Waals surface area (Å²) < 4.78 is 68.8. The Kier molecular flexibility index (Phi) is 8.57. The summed E-state index contributed by atoms with van der Waals surface area (Å²) in [4.78, 5) is 14.9. The molecule has 0 aliphatic carbocycles. The van der Waals surface area contributed by atoms with E-state index in [1.807, 2.05) is 44.4 Å². The largest absolute Gasteiger partial charge is 0.416 e. The molecule has 0 spiro atoms. The van der Waals surface area contributed by atoms with Gasteiger partial charge in [-0.2, -0.15) is 21.6 Å². The van der Waals surface area contributed by atoms with E-state index in [9.17, 15) is 26.4 Å². The number of carbonyl (C=O) groups excluding carboxylic acids is 1. The molecule has 0 bridgehead atoms. The van der Waals surface area contributed by atoms with E-state index in [0.29, 0.717) is 17.3 Å². The number of rotatable bonds is 8. The third kappa shape index (κ3) is 7.17. The van der Waals surface area contributed by atoms with Gasteiger partial charge in [-0.05, 0) is 80.3 Å². The van der Waals surface area contributed by atoms with Gasteiger partial charge in [0.1, 0.15) is 10.6 Å². The zero-order valence-corrected chi connectivity index (χ0v) is 21.4. The van der Waals surface area contributed by atoms with Crippen LogP contribution in [0.3, 0.4) is 0 Å². The van der Waals surface area contributed by atoms with Crippen LogP contribution in [0, 0.1) is 0 Å². The van der Waals surface area contributed by atoms with Gasteiger partial charge in [0.15, 0.2) is 0 Å². The molecule has 2 amide bonds. The Labute approximate surface area is 212 Å². The Balaban J connectivity index is 1.69. The van der Waals surface area contributed by atoms with Crippen molar-refractivity contribution < 1.29 is 30.6 Å². The maximum atomic E-state index is 12.9. The Morgan fingerprint density at radius 3 is 2.22 bits per heavy atom. The Morgan fingerprint density at radius 2 is 1.67 bits per heavy atom. The molecule has 0 radical (unpaired) electrons. The molecule has 6 nitrogen and oxygen atoms in total. The number of hydrogen-bond acceptors (Lipinski definition) is 5. The maximum Gasteiger partial charge on any atom is 0.416 e. The molecule has 11 heteroatoms. The van der Waals surface area contributed by atoms with E-state index in [1.165, 1.54) is 12.1 Å². The Hall–Kier alpha value is -3.18. The molecular weight excluding hydrogens is 513 g/mol. The number of nitrogens with one attached hydrogen (secondary N) is 1. The third-order valence-corrected chi connectivity index (χ3v) is 7.14. The second kappa shape index (κ2) is 11.3. The van der Waals surface area contributed by atoms with Crippen LogP contribution >= 0.6 is 11.8 Å². The topological polar surface area (TPSA) is 75.7 Å². The fourth-order valence-electron chi connectivity index (χ4n) is 3.21. The molecule has 0 heterocycles. The van der Waals surface area contributed by atoms with Gasteiger partial charge >= 0.3 is 22.3 Å². The van der Waals surface area contributed by atoms with Gasteiger partial charge in [0.2, 0.25) is 0 Å². The molecule has 36 heavy (non-hydrogen) atoms. The lowest BCUT2D eigenvalue weighted by atomic mass is 10.2. The van der Waals surface area contributed by atoms with Crippen molar-refractivity contribution in [3.63, 3.8) is 0 Å². The maximum absolute atomic E-state index is 12.9. The zero-order valence-electron chi connectivity index (χ0n) is 19.7. The molecule has 0 saturated carbocycles. The Bertz CT molecular complexity index is 1290. The van der Waals surface area contributed by atoms with Crippen LogP contribution < -0.4 is 9.50 Å². The standard InChI is InChI=1S/C25H25F3N2O4S2/c1-17(2)30(24(31)29-20-9-13-22(35-3)14-10-20)16-18-7-11-21(12-8-18)34-36(32,33)23-6-4-5-19(15-23)25(26,27)28/h4-15,17H,16H2,1-3H3,(H,29,31). The van der Waals surface area contributed by atoms with Crippen LogP contribution in [0.1, 0.15) is 25.0 Å². The second-order valence-electron chi connectivity index (χ2n) is 8.09. The van der Waals surface area contributed by atoms with Crippen LogP contribution in [0.15, 0.2) is 82.6 Å². The molecule has 3 rings (SSSR count). The minimum atomic E-state index is -4.68. The fourth-order valence-corrected chi connectivity index (χ4v) is 4.59. The quantitative estimate of drug-likeness (QED) is 0.257. The van der Waals surface area contributed by atoms with E-state index in [1.54, 1.807) is 28.8 Å². The first kappa shape index (κ1) is 27.4. The lowest BCUT2D eigenvalue weighted by Gasteiger charge is -2.27. The zero-order chi connectivity index (χ0) is 26.5. The van der Waals surface area contributed by atoms with Gasteiger partial charge in [0, 0.05) is 23.2 Å². The number of nitrogens with zero attached hydrogens (tertiary/aromatic N) is 1. The second-order valence-corrected chi connectivity index (χ2v) is 10.5. The molecule has 1 N–H and O–H groups in total. The highest BCUT2D eigenvalue weighted by atomic mass is 32.2. The average Bonchev–Trinajstić information content (AvgIpc) is 2.83. The van der Waals surface area contributed by atoms with E-state index in [-0.39, 0.29) is 24.4 Å². The number of thioether (sulfide) groups is 1. The van der Waals surface area contributed by atoms with Gasteiger partial charge in [-0.1, -0.05) is 18.2 Å². The summed E-state index contributed by atoms with van der Waals surface area (Å²) in [5.74, 6) is -0.0643. The number of alkyl halides is 3. The molecule has 0 atom stereocenters. The highest BCUT2D eigenvalue weighted by molar-refractivity contribution is 7.98. The van der Waals surface area contributed by atoms with Crippen molar-refractivity contribution in [3.8, 4) is 5.75 Å². The predicted molar refractivity (Wildman–Crippen MR) is 134 cm³/mol. The number of anilines is 1. The van der Waals surface area contributed by atoms with Gasteiger partial charge < -0.3 is 14.4 Å². The van der Waals surface area contributed by atoms with Crippen molar-refractivity contribution in [2.45, 2.75) is 42.4 Å². The number of urea groups is 1. The third-order valence-electron chi connectivity index (χ3n) is 5.16. The van der Waals surface area contributed by atoms with Gasteiger partial charge in [-0.3, -0.25) is 0 Å². The van der Waals surface area contributed by atoms with Crippen molar-refractivity contribution in [1.82, 2.24) is 4.90 Å². The minimum absolute atomic E-state index is 0.0643.